The van der Waals surface area contributed by atoms with Crippen molar-refractivity contribution >= 4 is 10.2 Å². The van der Waals surface area contributed by atoms with Gasteiger partial charge in [-0.25, -0.2) is 0 Å². The monoisotopic (exact) mass is 307 g/mol. The molecule has 0 aromatic rings. The number of ether oxygens (including phenoxy) is 1. The second-order valence-corrected chi connectivity index (χ2v) is 7.26. The molecule has 0 aliphatic carbocycles. The molecule has 2 unspecified atom stereocenters. The van der Waals surface area contributed by atoms with E-state index < -0.39 is 10.2 Å². The molecule has 1 fully saturated rings. The molecule has 1 saturated heterocycles. The Kier molecular flexibility index (Phi) is 7.98. The lowest BCUT2D eigenvalue weighted by Crippen LogP contribution is -2.47. The highest BCUT2D eigenvalue weighted by molar-refractivity contribution is 7.87. The first-order valence-corrected chi connectivity index (χ1v) is 8.95. The average Bonchev–Trinajstić information content (AvgIpc) is 2.37. The number of hydrogen-bond donors (Lipinski definition) is 2. The minimum absolute atomic E-state index is 0.00980. The van der Waals surface area contributed by atoms with E-state index in [1.165, 1.54) is 4.31 Å². The normalized spacial score (nSPS) is 24.2. The molecule has 0 amide bonds. The number of hydrogen-bond acceptors (Lipinski definition) is 4. The summed E-state index contributed by atoms with van der Waals surface area (Å²) in [4.78, 5) is 0. The fourth-order valence-electron chi connectivity index (χ4n) is 2.25. The van der Waals surface area contributed by atoms with Crippen LogP contribution in [0.5, 0.6) is 0 Å². The Morgan fingerprint density at radius 2 is 2.10 bits per heavy atom. The van der Waals surface area contributed by atoms with Gasteiger partial charge in [0.25, 0.3) is 10.2 Å². The predicted molar refractivity (Wildman–Crippen MR) is 80.9 cm³/mol. The molecule has 2 N–H and O–H groups in total. The summed E-state index contributed by atoms with van der Waals surface area (Å²) in [7, 11) is -1.75. The van der Waals surface area contributed by atoms with Crippen LogP contribution < -0.4 is 10.0 Å². The third kappa shape index (κ3) is 6.49. The summed E-state index contributed by atoms with van der Waals surface area (Å²) in [6.45, 7) is 7.08. The van der Waals surface area contributed by atoms with Gasteiger partial charge >= 0.3 is 0 Å². The maximum Gasteiger partial charge on any atom is 0.279 e. The van der Waals surface area contributed by atoms with Gasteiger partial charge in [0.15, 0.2) is 0 Å². The first-order valence-electron chi connectivity index (χ1n) is 7.51. The SMILES string of the molecule is CCCNCCCN(C)S(=O)(=O)NC1CCOC(C)C1. The summed E-state index contributed by atoms with van der Waals surface area (Å²) in [5, 5.41) is 3.27. The van der Waals surface area contributed by atoms with Crippen LogP contribution in [0.1, 0.15) is 39.5 Å². The van der Waals surface area contributed by atoms with Crippen LogP contribution in [-0.4, -0.2) is 58.2 Å². The van der Waals surface area contributed by atoms with Crippen LogP contribution in [0.4, 0.5) is 0 Å². The van der Waals surface area contributed by atoms with E-state index in [1.807, 2.05) is 6.92 Å². The average molecular weight is 307 g/mol. The Bertz CT molecular complexity index is 362. The summed E-state index contributed by atoms with van der Waals surface area (Å²) >= 11 is 0. The molecule has 2 atom stereocenters. The molecule has 7 heteroatoms. The first kappa shape index (κ1) is 17.8. The van der Waals surface area contributed by atoms with Gasteiger partial charge in [-0.2, -0.15) is 17.4 Å². The molecule has 0 saturated carbocycles. The van der Waals surface area contributed by atoms with Crippen LogP contribution in [-0.2, 0) is 14.9 Å². The molecule has 120 valence electrons. The summed E-state index contributed by atoms with van der Waals surface area (Å²) in [5.74, 6) is 0. The standard InChI is InChI=1S/C13H29N3O3S/c1-4-7-14-8-5-9-16(3)20(17,18)15-13-6-10-19-12(2)11-13/h12-15H,4-11H2,1-3H3. The van der Waals surface area contributed by atoms with Crippen molar-refractivity contribution < 1.29 is 13.2 Å². The van der Waals surface area contributed by atoms with E-state index >= 15 is 0 Å². The maximum atomic E-state index is 12.2. The van der Waals surface area contributed by atoms with Gasteiger partial charge in [-0.3, -0.25) is 0 Å². The van der Waals surface area contributed by atoms with Crippen LogP contribution in [0, 0.1) is 0 Å². The van der Waals surface area contributed by atoms with Gasteiger partial charge in [0.05, 0.1) is 6.10 Å². The lowest BCUT2D eigenvalue weighted by molar-refractivity contribution is 0.0171. The number of nitrogens with zero attached hydrogens (tertiary/aromatic N) is 1. The zero-order valence-electron chi connectivity index (χ0n) is 12.9. The van der Waals surface area contributed by atoms with Crippen molar-refractivity contribution in [2.24, 2.45) is 0 Å². The Morgan fingerprint density at radius 1 is 1.35 bits per heavy atom. The molecule has 1 heterocycles. The van der Waals surface area contributed by atoms with E-state index in [-0.39, 0.29) is 12.1 Å². The quantitative estimate of drug-likeness (QED) is 0.616. The fourth-order valence-corrected chi connectivity index (χ4v) is 3.44. The lowest BCUT2D eigenvalue weighted by Gasteiger charge is -2.29. The topological polar surface area (TPSA) is 70.7 Å². The van der Waals surface area contributed by atoms with Crippen LogP contribution >= 0.6 is 0 Å². The van der Waals surface area contributed by atoms with Gasteiger partial charge in [0.1, 0.15) is 0 Å². The summed E-state index contributed by atoms with van der Waals surface area (Å²) < 4.78 is 34.0. The van der Waals surface area contributed by atoms with Gasteiger partial charge in [-0.05, 0) is 45.7 Å². The van der Waals surface area contributed by atoms with E-state index in [2.05, 4.69) is 17.0 Å². The number of rotatable bonds is 9. The summed E-state index contributed by atoms with van der Waals surface area (Å²) in [6.07, 6.45) is 3.53. The van der Waals surface area contributed by atoms with Crippen molar-refractivity contribution in [3.8, 4) is 0 Å². The minimum atomic E-state index is -3.38. The minimum Gasteiger partial charge on any atom is -0.378 e. The van der Waals surface area contributed by atoms with Crippen molar-refractivity contribution in [3.05, 3.63) is 0 Å². The molecule has 0 aromatic carbocycles. The summed E-state index contributed by atoms with van der Waals surface area (Å²) in [5.41, 5.74) is 0. The van der Waals surface area contributed by atoms with Crippen LogP contribution in [0.3, 0.4) is 0 Å². The molecule has 0 aromatic heterocycles. The molecule has 20 heavy (non-hydrogen) atoms. The largest absolute Gasteiger partial charge is 0.378 e. The van der Waals surface area contributed by atoms with Gasteiger partial charge in [0.2, 0.25) is 0 Å². The number of nitrogens with one attached hydrogen (secondary N) is 2. The third-order valence-corrected chi connectivity index (χ3v) is 5.10. The highest BCUT2D eigenvalue weighted by atomic mass is 32.2. The van der Waals surface area contributed by atoms with Gasteiger partial charge in [-0.1, -0.05) is 6.92 Å². The smallest absolute Gasteiger partial charge is 0.279 e. The van der Waals surface area contributed by atoms with Gasteiger partial charge in [-0.15, -0.1) is 0 Å². The third-order valence-electron chi connectivity index (χ3n) is 3.46. The Morgan fingerprint density at radius 3 is 2.75 bits per heavy atom. The second-order valence-electron chi connectivity index (χ2n) is 5.45. The van der Waals surface area contributed by atoms with Gasteiger partial charge in [0, 0.05) is 26.2 Å². The molecule has 6 nitrogen and oxygen atoms in total. The van der Waals surface area contributed by atoms with Crippen LogP contribution in [0.15, 0.2) is 0 Å². The molecule has 1 aliphatic heterocycles. The zero-order valence-corrected chi connectivity index (χ0v) is 13.7. The van der Waals surface area contributed by atoms with Crippen molar-refractivity contribution in [2.75, 3.05) is 33.3 Å². The molecular formula is C13H29N3O3S. The Labute approximate surface area is 123 Å². The molecule has 0 bridgehead atoms. The molecular weight excluding hydrogens is 278 g/mol. The van der Waals surface area contributed by atoms with E-state index in [1.54, 1.807) is 7.05 Å². The van der Waals surface area contributed by atoms with E-state index in [4.69, 9.17) is 4.74 Å². The van der Waals surface area contributed by atoms with Gasteiger partial charge < -0.3 is 10.1 Å². The highest BCUT2D eigenvalue weighted by Crippen LogP contribution is 2.14. The van der Waals surface area contributed by atoms with Crippen molar-refractivity contribution in [1.29, 1.82) is 0 Å². The second kappa shape index (κ2) is 8.94. The Balaban J connectivity index is 2.31. The van der Waals surface area contributed by atoms with Crippen molar-refractivity contribution in [2.45, 2.75) is 51.7 Å². The molecule has 0 spiro atoms. The predicted octanol–water partition coefficient (Wildman–Crippen LogP) is 0.710. The van der Waals surface area contributed by atoms with E-state index in [0.29, 0.717) is 13.2 Å². The van der Waals surface area contributed by atoms with E-state index in [9.17, 15) is 8.42 Å². The lowest BCUT2D eigenvalue weighted by atomic mass is 10.1. The van der Waals surface area contributed by atoms with Crippen LogP contribution in [0.2, 0.25) is 0 Å². The molecule has 0 radical (unpaired) electrons. The zero-order chi connectivity index (χ0) is 15.0. The van der Waals surface area contributed by atoms with Crippen molar-refractivity contribution in [1.82, 2.24) is 14.3 Å². The van der Waals surface area contributed by atoms with Crippen LogP contribution in [0.25, 0.3) is 0 Å². The molecule has 1 rings (SSSR count). The highest BCUT2D eigenvalue weighted by Gasteiger charge is 2.26. The fraction of sp³-hybridized carbons (Fsp3) is 1.00. The Hall–Kier alpha value is -0.210. The first-order chi connectivity index (χ1) is 9.45. The molecule has 1 aliphatic rings. The summed E-state index contributed by atoms with van der Waals surface area (Å²) in [6, 6.07) is -0.00980. The maximum absolute atomic E-state index is 12.2. The van der Waals surface area contributed by atoms with Crippen molar-refractivity contribution in [3.63, 3.8) is 0 Å². The van der Waals surface area contributed by atoms with E-state index in [0.717, 1.165) is 38.8 Å².